The molecule has 1 nitrogen and oxygen atoms in total. The Bertz CT molecular complexity index is 358. The second-order valence-electron chi connectivity index (χ2n) is 5.25. The molecule has 0 N–H and O–H groups in total. The Morgan fingerprint density at radius 2 is 1.73 bits per heavy atom. The van der Waals surface area contributed by atoms with E-state index in [2.05, 4.69) is 36.2 Å². The van der Waals surface area contributed by atoms with Gasteiger partial charge in [-0.3, -0.25) is 0 Å². The van der Waals surface area contributed by atoms with Gasteiger partial charge in [0.15, 0.2) is 0 Å². The Balaban J connectivity index is 1.87. The number of fused-ring (bicyclic) bond motifs is 2. The smallest absolute Gasteiger partial charge is 0.00126 e. The van der Waals surface area contributed by atoms with E-state index in [1.807, 2.05) is 0 Å². The maximum atomic E-state index is 2.50. The van der Waals surface area contributed by atoms with E-state index in [1.54, 1.807) is 11.1 Å². The lowest BCUT2D eigenvalue weighted by Gasteiger charge is -2.40. The van der Waals surface area contributed by atoms with Gasteiger partial charge in [0.25, 0.3) is 0 Å². The molecule has 1 heteroatoms. The summed E-state index contributed by atoms with van der Waals surface area (Å²) in [5.74, 6) is 1.87. The SMILES string of the molecule is CN1CCC2Cc3ccccc3CC2C1. The van der Waals surface area contributed by atoms with Gasteiger partial charge in [0.2, 0.25) is 0 Å². The van der Waals surface area contributed by atoms with Crippen LogP contribution in [0.3, 0.4) is 0 Å². The predicted octanol–water partition coefficient (Wildman–Crippen LogP) is 2.35. The summed E-state index contributed by atoms with van der Waals surface area (Å²) >= 11 is 0. The second kappa shape index (κ2) is 3.64. The quantitative estimate of drug-likeness (QED) is 0.623. The zero-order valence-corrected chi connectivity index (χ0v) is 9.45. The Kier molecular flexibility index (Phi) is 2.28. The van der Waals surface area contributed by atoms with Crippen molar-refractivity contribution in [1.29, 1.82) is 0 Å². The Hall–Kier alpha value is -0.820. The molecule has 1 fully saturated rings. The summed E-state index contributed by atoms with van der Waals surface area (Å²) in [6.45, 7) is 2.60. The first-order chi connectivity index (χ1) is 7.33. The van der Waals surface area contributed by atoms with Gasteiger partial charge in [0.05, 0.1) is 0 Å². The molecule has 2 aliphatic rings. The van der Waals surface area contributed by atoms with Gasteiger partial charge in [-0.2, -0.15) is 0 Å². The number of benzene rings is 1. The Morgan fingerprint density at radius 1 is 1.07 bits per heavy atom. The monoisotopic (exact) mass is 201 g/mol. The summed E-state index contributed by atoms with van der Waals surface area (Å²) < 4.78 is 0. The second-order valence-corrected chi connectivity index (χ2v) is 5.25. The lowest BCUT2D eigenvalue weighted by molar-refractivity contribution is 0.134. The molecule has 80 valence electrons. The van der Waals surface area contributed by atoms with Crippen LogP contribution in [-0.2, 0) is 12.8 Å². The summed E-state index contributed by atoms with van der Waals surface area (Å²) in [7, 11) is 2.26. The van der Waals surface area contributed by atoms with Gasteiger partial charge in [0, 0.05) is 6.54 Å². The molecule has 0 spiro atoms. The normalized spacial score (nSPS) is 30.7. The highest BCUT2D eigenvalue weighted by Crippen LogP contribution is 2.35. The highest BCUT2D eigenvalue weighted by Gasteiger charge is 2.31. The molecule has 1 aliphatic heterocycles. The van der Waals surface area contributed by atoms with Gasteiger partial charge < -0.3 is 4.90 Å². The highest BCUT2D eigenvalue weighted by atomic mass is 15.1. The van der Waals surface area contributed by atoms with Crippen LogP contribution < -0.4 is 0 Å². The molecule has 1 heterocycles. The molecule has 3 rings (SSSR count). The first-order valence-corrected chi connectivity index (χ1v) is 6.08. The number of likely N-dealkylation sites (tertiary alicyclic amines) is 1. The lowest BCUT2D eigenvalue weighted by atomic mass is 9.72. The molecular weight excluding hydrogens is 182 g/mol. The molecule has 0 amide bonds. The van der Waals surface area contributed by atoms with Gasteiger partial charge in [-0.05, 0) is 55.8 Å². The molecule has 0 aromatic heterocycles. The maximum Gasteiger partial charge on any atom is 0.00126 e. The zero-order valence-electron chi connectivity index (χ0n) is 9.45. The van der Waals surface area contributed by atoms with E-state index in [0.717, 1.165) is 11.8 Å². The van der Waals surface area contributed by atoms with E-state index >= 15 is 0 Å². The molecule has 1 aliphatic carbocycles. The van der Waals surface area contributed by atoms with Gasteiger partial charge in [-0.25, -0.2) is 0 Å². The molecule has 0 radical (unpaired) electrons. The van der Waals surface area contributed by atoms with Crippen molar-refractivity contribution in [3.8, 4) is 0 Å². The first-order valence-electron chi connectivity index (χ1n) is 6.08. The van der Waals surface area contributed by atoms with E-state index in [4.69, 9.17) is 0 Å². The molecular formula is C14H19N. The van der Waals surface area contributed by atoms with Crippen molar-refractivity contribution >= 4 is 0 Å². The summed E-state index contributed by atoms with van der Waals surface area (Å²) in [5.41, 5.74) is 3.22. The minimum atomic E-state index is 0.915. The van der Waals surface area contributed by atoms with Crippen LogP contribution in [0.5, 0.6) is 0 Å². The van der Waals surface area contributed by atoms with Crippen LogP contribution in [0.1, 0.15) is 17.5 Å². The molecule has 1 aromatic rings. The lowest BCUT2D eigenvalue weighted by Crippen LogP contribution is -2.41. The summed E-state index contributed by atoms with van der Waals surface area (Å²) in [5, 5.41) is 0. The minimum absolute atomic E-state index is 0.915. The van der Waals surface area contributed by atoms with E-state index in [0.29, 0.717) is 0 Å². The Labute approximate surface area is 92.1 Å². The molecule has 0 bridgehead atoms. The molecule has 15 heavy (non-hydrogen) atoms. The van der Waals surface area contributed by atoms with Gasteiger partial charge in [0.1, 0.15) is 0 Å². The van der Waals surface area contributed by atoms with E-state index in [-0.39, 0.29) is 0 Å². The van der Waals surface area contributed by atoms with Crippen LogP contribution in [-0.4, -0.2) is 25.0 Å². The van der Waals surface area contributed by atoms with Crippen molar-refractivity contribution in [1.82, 2.24) is 4.90 Å². The van der Waals surface area contributed by atoms with Crippen LogP contribution in [0, 0.1) is 11.8 Å². The van der Waals surface area contributed by atoms with Crippen molar-refractivity contribution in [3.05, 3.63) is 35.4 Å². The van der Waals surface area contributed by atoms with Crippen LogP contribution in [0.2, 0.25) is 0 Å². The van der Waals surface area contributed by atoms with Crippen molar-refractivity contribution in [2.45, 2.75) is 19.3 Å². The van der Waals surface area contributed by atoms with Crippen LogP contribution in [0.25, 0.3) is 0 Å². The fourth-order valence-corrected chi connectivity index (χ4v) is 3.28. The van der Waals surface area contributed by atoms with Gasteiger partial charge in [-0.15, -0.1) is 0 Å². The Morgan fingerprint density at radius 3 is 2.47 bits per heavy atom. The van der Waals surface area contributed by atoms with Crippen molar-refractivity contribution in [2.75, 3.05) is 20.1 Å². The van der Waals surface area contributed by atoms with Crippen LogP contribution in [0.4, 0.5) is 0 Å². The third-order valence-electron chi connectivity index (χ3n) is 4.18. The van der Waals surface area contributed by atoms with E-state index < -0.39 is 0 Å². The largest absolute Gasteiger partial charge is 0.306 e. The van der Waals surface area contributed by atoms with Gasteiger partial charge >= 0.3 is 0 Å². The van der Waals surface area contributed by atoms with Crippen LogP contribution >= 0.6 is 0 Å². The third kappa shape index (κ3) is 1.69. The molecule has 1 aromatic carbocycles. The van der Waals surface area contributed by atoms with Gasteiger partial charge in [-0.1, -0.05) is 24.3 Å². The fraction of sp³-hybridized carbons (Fsp3) is 0.571. The number of piperidine rings is 1. The molecule has 0 saturated carbocycles. The number of hydrogen-bond acceptors (Lipinski definition) is 1. The van der Waals surface area contributed by atoms with E-state index in [1.165, 1.54) is 32.4 Å². The number of nitrogens with zero attached hydrogens (tertiary/aromatic N) is 1. The standard InChI is InChI=1S/C14H19N/c1-15-7-6-13-8-11-4-2-3-5-12(11)9-14(13)10-15/h2-5,13-14H,6-10H2,1H3. The first kappa shape index (κ1) is 9.41. The average molecular weight is 201 g/mol. The number of hydrogen-bond donors (Lipinski definition) is 0. The van der Waals surface area contributed by atoms with Crippen molar-refractivity contribution in [3.63, 3.8) is 0 Å². The molecule has 1 saturated heterocycles. The number of rotatable bonds is 0. The summed E-state index contributed by atoms with van der Waals surface area (Å²) in [4.78, 5) is 2.50. The van der Waals surface area contributed by atoms with Crippen molar-refractivity contribution < 1.29 is 0 Å². The minimum Gasteiger partial charge on any atom is -0.306 e. The summed E-state index contributed by atoms with van der Waals surface area (Å²) in [6.07, 6.45) is 4.04. The summed E-state index contributed by atoms with van der Waals surface area (Å²) in [6, 6.07) is 9.02. The molecule has 2 atom stereocenters. The van der Waals surface area contributed by atoms with Crippen LogP contribution in [0.15, 0.2) is 24.3 Å². The fourth-order valence-electron chi connectivity index (χ4n) is 3.28. The van der Waals surface area contributed by atoms with E-state index in [9.17, 15) is 0 Å². The third-order valence-corrected chi connectivity index (χ3v) is 4.18. The zero-order chi connectivity index (χ0) is 10.3. The molecule has 2 unspecified atom stereocenters. The topological polar surface area (TPSA) is 3.24 Å². The predicted molar refractivity (Wildman–Crippen MR) is 62.9 cm³/mol. The van der Waals surface area contributed by atoms with Crippen molar-refractivity contribution in [2.24, 2.45) is 11.8 Å². The average Bonchev–Trinajstić information content (AvgIpc) is 2.26. The highest BCUT2D eigenvalue weighted by molar-refractivity contribution is 5.30. The maximum absolute atomic E-state index is 2.50.